The fourth-order valence-corrected chi connectivity index (χ4v) is 2.33. The monoisotopic (exact) mass is 294 g/mol. The Labute approximate surface area is 126 Å². The SMILES string of the molecule is CCCCCCCCc1cc(OCCO)ccc1C(=O)O. The van der Waals surface area contributed by atoms with E-state index in [0.29, 0.717) is 11.3 Å². The minimum atomic E-state index is -0.898. The van der Waals surface area contributed by atoms with Gasteiger partial charge in [-0.05, 0) is 36.6 Å². The molecule has 0 saturated carbocycles. The number of carboxylic acid groups (broad SMARTS) is 1. The van der Waals surface area contributed by atoms with Crippen molar-refractivity contribution in [1.82, 2.24) is 0 Å². The van der Waals surface area contributed by atoms with Gasteiger partial charge < -0.3 is 14.9 Å². The van der Waals surface area contributed by atoms with Crippen molar-refractivity contribution < 1.29 is 19.7 Å². The zero-order valence-electron chi connectivity index (χ0n) is 12.8. The van der Waals surface area contributed by atoms with Gasteiger partial charge in [0, 0.05) is 0 Å². The van der Waals surface area contributed by atoms with Gasteiger partial charge in [-0.1, -0.05) is 39.0 Å². The molecule has 4 nitrogen and oxygen atoms in total. The van der Waals surface area contributed by atoms with Gasteiger partial charge in [0.2, 0.25) is 0 Å². The van der Waals surface area contributed by atoms with Crippen molar-refractivity contribution in [2.45, 2.75) is 51.9 Å². The summed E-state index contributed by atoms with van der Waals surface area (Å²) in [5, 5.41) is 18.0. The van der Waals surface area contributed by atoms with Gasteiger partial charge in [0.15, 0.2) is 0 Å². The number of unbranched alkanes of at least 4 members (excludes halogenated alkanes) is 5. The number of hydrogen-bond acceptors (Lipinski definition) is 3. The van der Waals surface area contributed by atoms with Crippen LogP contribution in [0.5, 0.6) is 5.75 Å². The molecule has 0 aliphatic carbocycles. The molecule has 1 aromatic carbocycles. The maximum Gasteiger partial charge on any atom is 0.335 e. The average Bonchev–Trinajstić information content (AvgIpc) is 2.48. The number of carboxylic acids is 1. The molecule has 0 aromatic heterocycles. The fourth-order valence-electron chi connectivity index (χ4n) is 2.33. The minimum Gasteiger partial charge on any atom is -0.491 e. The molecule has 118 valence electrons. The van der Waals surface area contributed by atoms with Crippen LogP contribution in [0.15, 0.2) is 18.2 Å². The van der Waals surface area contributed by atoms with E-state index in [2.05, 4.69) is 6.92 Å². The Hall–Kier alpha value is -1.55. The van der Waals surface area contributed by atoms with Crippen LogP contribution >= 0.6 is 0 Å². The van der Waals surface area contributed by atoms with Crippen LogP contribution in [-0.4, -0.2) is 29.4 Å². The predicted molar refractivity (Wildman–Crippen MR) is 83.1 cm³/mol. The smallest absolute Gasteiger partial charge is 0.335 e. The average molecular weight is 294 g/mol. The lowest BCUT2D eigenvalue weighted by Gasteiger charge is -2.10. The molecule has 0 heterocycles. The lowest BCUT2D eigenvalue weighted by molar-refractivity contribution is 0.0695. The summed E-state index contributed by atoms with van der Waals surface area (Å²) in [6, 6.07) is 5.01. The number of aromatic carboxylic acids is 1. The highest BCUT2D eigenvalue weighted by Gasteiger charge is 2.11. The molecule has 1 aromatic rings. The standard InChI is InChI=1S/C17H26O4/c1-2-3-4-5-6-7-8-14-13-15(21-12-11-18)9-10-16(14)17(19)20/h9-10,13,18H,2-8,11-12H2,1H3,(H,19,20). The number of ether oxygens (including phenoxy) is 1. The summed E-state index contributed by atoms with van der Waals surface area (Å²) in [4.78, 5) is 11.2. The van der Waals surface area contributed by atoms with E-state index in [0.717, 1.165) is 24.8 Å². The molecule has 21 heavy (non-hydrogen) atoms. The van der Waals surface area contributed by atoms with Crippen molar-refractivity contribution in [2.75, 3.05) is 13.2 Å². The van der Waals surface area contributed by atoms with Gasteiger partial charge in [0.05, 0.1) is 12.2 Å². The Morgan fingerprint density at radius 2 is 1.86 bits per heavy atom. The summed E-state index contributed by atoms with van der Waals surface area (Å²) in [5.74, 6) is -0.278. The lowest BCUT2D eigenvalue weighted by atomic mass is 10.00. The predicted octanol–water partition coefficient (Wildman–Crippen LogP) is 3.66. The van der Waals surface area contributed by atoms with Crippen LogP contribution < -0.4 is 4.74 Å². The molecule has 0 radical (unpaired) electrons. The molecular weight excluding hydrogens is 268 g/mol. The topological polar surface area (TPSA) is 66.8 Å². The van der Waals surface area contributed by atoms with Gasteiger partial charge in [0.25, 0.3) is 0 Å². The van der Waals surface area contributed by atoms with Crippen LogP contribution in [-0.2, 0) is 6.42 Å². The molecular formula is C17H26O4. The number of carbonyl (C=O) groups is 1. The molecule has 0 unspecified atom stereocenters. The van der Waals surface area contributed by atoms with Gasteiger partial charge >= 0.3 is 5.97 Å². The molecule has 0 saturated heterocycles. The van der Waals surface area contributed by atoms with E-state index in [9.17, 15) is 9.90 Å². The maximum absolute atomic E-state index is 11.2. The van der Waals surface area contributed by atoms with Gasteiger partial charge in [-0.2, -0.15) is 0 Å². The first-order valence-corrected chi connectivity index (χ1v) is 7.79. The second-order valence-corrected chi connectivity index (χ2v) is 5.21. The lowest BCUT2D eigenvalue weighted by Crippen LogP contribution is -2.06. The van der Waals surface area contributed by atoms with Crippen LogP contribution in [0.25, 0.3) is 0 Å². The quantitative estimate of drug-likeness (QED) is 0.611. The van der Waals surface area contributed by atoms with Crippen molar-refractivity contribution in [2.24, 2.45) is 0 Å². The maximum atomic E-state index is 11.2. The molecule has 0 atom stereocenters. The van der Waals surface area contributed by atoms with Crippen molar-refractivity contribution in [1.29, 1.82) is 0 Å². The number of rotatable bonds is 11. The minimum absolute atomic E-state index is 0.0482. The number of aliphatic hydroxyl groups excluding tert-OH is 1. The molecule has 0 fully saturated rings. The third-order valence-electron chi connectivity index (χ3n) is 3.47. The third-order valence-corrected chi connectivity index (χ3v) is 3.47. The summed E-state index contributed by atoms with van der Waals surface area (Å²) >= 11 is 0. The Morgan fingerprint density at radius 1 is 1.14 bits per heavy atom. The van der Waals surface area contributed by atoms with E-state index in [-0.39, 0.29) is 13.2 Å². The Morgan fingerprint density at radius 3 is 2.52 bits per heavy atom. The number of aryl methyl sites for hydroxylation is 1. The van der Waals surface area contributed by atoms with Gasteiger partial charge in [0.1, 0.15) is 12.4 Å². The van der Waals surface area contributed by atoms with Crippen molar-refractivity contribution in [3.8, 4) is 5.75 Å². The van der Waals surface area contributed by atoms with E-state index >= 15 is 0 Å². The summed E-state index contributed by atoms with van der Waals surface area (Å²) < 4.78 is 5.35. The summed E-state index contributed by atoms with van der Waals surface area (Å²) in [5.41, 5.74) is 1.16. The summed E-state index contributed by atoms with van der Waals surface area (Å²) in [6.45, 7) is 2.37. The van der Waals surface area contributed by atoms with Crippen molar-refractivity contribution >= 4 is 5.97 Å². The molecule has 0 aliphatic rings. The second kappa shape index (κ2) is 10.2. The Balaban J connectivity index is 2.57. The van der Waals surface area contributed by atoms with Gasteiger partial charge in [-0.15, -0.1) is 0 Å². The summed E-state index contributed by atoms with van der Waals surface area (Å²) in [6.07, 6.45) is 7.83. The Bertz CT molecular complexity index is 429. The second-order valence-electron chi connectivity index (χ2n) is 5.21. The van der Waals surface area contributed by atoms with Crippen LogP contribution in [0, 0.1) is 0 Å². The first-order chi connectivity index (χ1) is 10.2. The third kappa shape index (κ3) is 6.63. The largest absolute Gasteiger partial charge is 0.491 e. The van der Waals surface area contributed by atoms with Crippen LogP contribution in [0.3, 0.4) is 0 Å². The number of hydrogen-bond donors (Lipinski definition) is 2. The molecule has 0 spiro atoms. The highest BCUT2D eigenvalue weighted by molar-refractivity contribution is 5.89. The molecule has 0 bridgehead atoms. The zero-order valence-corrected chi connectivity index (χ0v) is 12.8. The van der Waals surface area contributed by atoms with Crippen molar-refractivity contribution in [3.63, 3.8) is 0 Å². The first-order valence-electron chi connectivity index (χ1n) is 7.79. The van der Waals surface area contributed by atoms with E-state index in [1.807, 2.05) is 0 Å². The highest BCUT2D eigenvalue weighted by atomic mass is 16.5. The molecule has 0 aliphatic heterocycles. The number of benzene rings is 1. The molecule has 2 N–H and O–H groups in total. The Kier molecular flexibility index (Phi) is 8.51. The highest BCUT2D eigenvalue weighted by Crippen LogP contribution is 2.21. The first kappa shape index (κ1) is 17.5. The van der Waals surface area contributed by atoms with Crippen LogP contribution in [0.4, 0.5) is 0 Å². The van der Waals surface area contributed by atoms with Crippen LogP contribution in [0.1, 0.15) is 61.4 Å². The van der Waals surface area contributed by atoms with Crippen LogP contribution in [0.2, 0.25) is 0 Å². The van der Waals surface area contributed by atoms with E-state index in [1.165, 1.54) is 25.7 Å². The van der Waals surface area contributed by atoms with E-state index in [1.54, 1.807) is 18.2 Å². The van der Waals surface area contributed by atoms with Crippen molar-refractivity contribution in [3.05, 3.63) is 29.3 Å². The van der Waals surface area contributed by atoms with E-state index in [4.69, 9.17) is 9.84 Å². The van der Waals surface area contributed by atoms with Gasteiger partial charge in [-0.25, -0.2) is 4.79 Å². The number of aliphatic hydroxyl groups is 1. The zero-order chi connectivity index (χ0) is 15.5. The molecule has 4 heteroatoms. The normalized spacial score (nSPS) is 10.6. The van der Waals surface area contributed by atoms with Gasteiger partial charge in [-0.3, -0.25) is 0 Å². The molecule has 1 rings (SSSR count). The fraction of sp³-hybridized carbons (Fsp3) is 0.588. The summed E-state index contributed by atoms with van der Waals surface area (Å²) in [7, 11) is 0. The molecule has 0 amide bonds. The van der Waals surface area contributed by atoms with E-state index < -0.39 is 5.97 Å².